The molecule has 0 saturated heterocycles. The van der Waals surface area contributed by atoms with E-state index in [1.165, 1.54) is 5.56 Å². The Labute approximate surface area is 88.0 Å². The van der Waals surface area contributed by atoms with Gasteiger partial charge in [0.2, 0.25) is 0 Å². The van der Waals surface area contributed by atoms with Crippen LogP contribution in [0, 0.1) is 0 Å². The van der Waals surface area contributed by atoms with Crippen molar-refractivity contribution in [2.45, 2.75) is 13.0 Å². The van der Waals surface area contributed by atoms with Crippen LogP contribution in [-0.4, -0.2) is 11.5 Å². The molecule has 0 atom stereocenters. The summed E-state index contributed by atoms with van der Waals surface area (Å²) in [7, 11) is 0. The summed E-state index contributed by atoms with van der Waals surface area (Å²) in [6.45, 7) is 1.94. The fourth-order valence-corrected chi connectivity index (χ4v) is 2.24. The van der Waals surface area contributed by atoms with Crippen LogP contribution >= 0.6 is 31.9 Å². The van der Waals surface area contributed by atoms with Crippen molar-refractivity contribution in [3.63, 3.8) is 0 Å². The molecule has 64 valence electrons. The lowest BCUT2D eigenvalue weighted by atomic mass is 10.1. The van der Waals surface area contributed by atoms with Gasteiger partial charge < -0.3 is 5.32 Å². The molecule has 1 aliphatic heterocycles. The van der Waals surface area contributed by atoms with Gasteiger partial charge in [-0.25, -0.2) is 0 Å². The second-order valence-electron chi connectivity index (χ2n) is 2.77. The molecule has 1 N–H and O–H groups in total. The second-order valence-corrected chi connectivity index (χ2v) is 4.42. The predicted octanol–water partition coefficient (Wildman–Crippen LogP) is 2.25. The Hall–Kier alpha value is 0.0700. The number of fused-ring (bicyclic) bond motifs is 1. The topological polar surface area (TPSA) is 24.9 Å². The maximum absolute atomic E-state index is 4.34. The first kappa shape index (κ1) is 8.66. The van der Waals surface area contributed by atoms with Crippen LogP contribution in [0.2, 0.25) is 0 Å². The van der Waals surface area contributed by atoms with Gasteiger partial charge in [0.25, 0.3) is 0 Å². The summed E-state index contributed by atoms with van der Waals surface area (Å²) >= 11 is 7.00. The Morgan fingerprint density at radius 3 is 3.08 bits per heavy atom. The highest BCUT2D eigenvalue weighted by Crippen LogP contribution is 2.29. The highest BCUT2D eigenvalue weighted by atomic mass is 79.9. The van der Waals surface area contributed by atoms with E-state index in [4.69, 9.17) is 0 Å². The minimum absolute atomic E-state index is 0.890. The van der Waals surface area contributed by atoms with Crippen LogP contribution < -0.4 is 5.32 Å². The van der Waals surface area contributed by atoms with Gasteiger partial charge in [-0.1, -0.05) is 0 Å². The highest BCUT2D eigenvalue weighted by Gasteiger charge is 2.14. The van der Waals surface area contributed by atoms with E-state index in [-0.39, 0.29) is 0 Å². The smallest absolute Gasteiger partial charge is 0.0586 e. The number of halogens is 2. The van der Waals surface area contributed by atoms with Crippen LogP contribution in [0.5, 0.6) is 0 Å². The largest absolute Gasteiger partial charge is 0.311 e. The number of pyridine rings is 1. The standard InChI is InChI=1S/C8H8Br2N2/c9-6-3-12-7-4-11-2-1-5(7)8(6)10/h3,11H,1-2,4H2. The lowest BCUT2D eigenvalue weighted by Gasteiger charge is -2.17. The third kappa shape index (κ3) is 1.43. The van der Waals surface area contributed by atoms with Crippen LogP contribution in [0.15, 0.2) is 15.1 Å². The van der Waals surface area contributed by atoms with Crippen molar-refractivity contribution < 1.29 is 0 Å². The van der Waals surface area contributed by atoms with E-state index in [9.17, 15) is 0 Å². The quantitative estimate of drug-likeness (QED) is 0.793. The zero-order valence-electron chi connectivity index (χ0n) is 6.40. The van der Waals surface area contributed by atoms with Gasteiger partial charge in [-0.3, -0.25) is 4.98 Å². The number of nitrogens with zero attached hydrogens (tertiary/aromatic N) is 1. The SMILES string of the molecule is Brc1cnc2c(c1Br)CCNC2. The molecule has 1 aromatic rings. The highest BCUT2D eigenvalue weighted by molar-refractivity contribution is 9.13. The lowest BCUT2D eigenvalue weighted by molar-refractivity contribution is 0.624. The fraction of sp³-hybridized carbons (Fsp3) is 0.375. The first-order valence-electron chi connectivity index (χ1n) is 3.81. The van der Waals surface area contributed by atoms with Gasteiger partial charge in [0, 0.05) is 17.2 Å². The number of aromatic nitrogens is 1. The van der Waals surface area contributed by atoms with Crippen LogP contribution in [0.4, 0.5) is 0 Å². The van der Waals surface area contributed by atoms with Gasteiger partial charge in [-0.2, -0.15) is 0 Å². The van der Waals surface area contributed by atoms with Gasteiger partial charge in [0.15, 0.2) is 0 Å². The molecule has 1 aromatic heterocycles. The Kier molecular flexibility index (Phi) is 2.48. The number of rotatable bonds is 0. The van der Waals surface area contributed by atoms with Crippen LogP contribution in [-0.2, 0) is 13.0 Å². The molecular formula is C8H8Br2N2. The normalized spacial score (nSPS) is 15.8. The minimum atomic E-state index is 0.890. The summed E-state index contributed by atoms with van der Waals surface area (Å²) in [5.74, 6) is 0. The summed E-state index contributed by atoms with van der Waals surface area (Å²) < 4.78 is 2.21. The Morgan fingerprint density at radius 1 is 1.42 bits per heavy atom. The molecule has 4 heteroatoms. The summed E-state index contributed by atoms with van der Waals surface area (Å²) in [4.78, 5) is 4.34. The van der Waals surface area contributed by atoms with Crippen molar-refractivity contribution in [1.82, 2.24) is 10.3 Å². The van der Waals surface area contributed by atoms with E-state index in [2.05, 4.69) is 42.2 Å². The molecule has 2 rings (SSSR count). The molecule has 0 spiro atoms. The van der Waals surface area contributed by atoms with Crippen LogP contribution in [0.1, 0.15) is 11.3 Å². The predicted molar refractivity (Wildman–Crippen MR) is 55.0 cm³/mol. The van der Waals surface area contributed by atoms with Crippen LogP contribution in [0.25, 0.3) is 0 Å². The first-order chi connectivity index (χ1) is 5.79. The maximum atomic E-state index is 4.34. The molecule has 1 aliphatic rings. The van der Waals surface area contributed by atoms with E-state index in [1.807, 2.05) is 6.20 Å². The molecule has 0 amide bonds. The first-order valence-corrected chi connectivity index (χ1v) is 5.40. The average molecular weight is 292 g/mol. The van der Waals surface area contributed by atoms with Crippen molar-refractivity contribution in [2.24, 2.45) is 0 Å². The van der Waals surface area contributed by atoms with Gasteiger partial charge in [0.05, 0.1) is 10.2 Å². The van der Waals surface area contributed by atoms with Crippen molar-refractivity contribution in [3.05, 3.63) is 26.4 Å². The monoisotopic (exact) mass is 290 g/mol. The van der Waals surface area contributed by atoms with Crippen LogP contribution in [0.3, 0.4) is 0 Å². The third-order valence-electron chi connectivity index (χ3n) is 2.00. The summed E-state index contributed by atoms with van der Waals surface area (Å²) in [6, 6.07) is 0. The van der Waals surface area contributed by atoms with Gasteiger partial charge in [-0.05, 0) is 50.4 Å². The Bertz CT molecular complexity index is 312. The number of hydrogen-bond donors (Lipinski definition) is 1. The molecule has 0 aliphatic carbocycles. The van der Waals surface area contributed by atoms with E-state index in [1.54, 1.807) is 0 Å². The fourth-order valence-electron chi connectivity index (χ4n) is 1.37. The van der Waals surface area contributed by atoms with Crippen molar-refractivity contribution in [2.75, 3.05) is 6.54 Å². The second kappa shape index (κ2) is 3.44. The number of nitrogens with one attached hydrogen (secondary N) is 1. The molecule has 0 radical (unpaired) electrons. The molecule has 0 aromatic carbocycles. The maximum Gasteiger partial charge on any atom is 0.0586 e. The molecule has 12 heavy (non-hydrogen) atoms. The minimum Gasteiger partial charge on any atom is -0.311 e. The molecular weight excluding hydrogens is 284 g/mol. The third-order valence-corrected chi connectivity index (χ3v) is 4.04. The Balaban J connectivity index is 2.54. The molecule has 2 heterocycles. The lowest BCUT2D eigenvalue weighted by Crippen LogP contribution is -2.25. The molecule has 0 unspecified atom stereocenters. The summed E-state index contributed by atoms with van der Waals surface area (Å²) in [6.07, 6.45) is 2.90. The zero-order chi connectivity index (χ0) is 8.55. The van der Waals surface area contributed by atoms with E-state index < -0.39 is 0 Å². The Morgan fingerprint density at radius 2 is 2.25 bits per heavy atom. The van der Waals surface area contributed by atoms with Crippen molar-refractivity contribution in [3.8, 4) is 0 Å². The van der Waals surface area contributed by atoms with Crippen molar-refractivity contribution in [1.29, 1.82) is 0 Å². The zero-order valence-corrected chi connectivity index (χ0v) is 9.57. The summed E-state index contributed by atoms with van der Waals surface area (Å²) in [5, 5.41) is 3.29. The molecule has 0 saturated carbocycles. The number of hydrogen-bond acceptors (Lipinski definition) is 2. The summed E-state index contributed by atoms with van der Waals surface area (Å²) in [5.41, 5.74) is 2.50. The van der Waals surface area contributed by atoms with E-state index >= 15 is 0 Å². The van der Waals surface area contributed by atoms with E-state index in [0.717, 1.165) is 34.1 Å². The molecule has 2 nitrogen and oxygen atoms in total. The average Bonchev–Trinajstić information content (AvgIpc) is 2.12. The van der Waals surface area contributed by atoms with Gasteiger partial charge in [0.1, 0.15) is 0 Å². The van der Waals surface area contributed by atoms with Gasteiger partial charge >= 0.3 is 0 Å². The molecule has 0 bridgehead atoms. The molecule has 0 fully saturated rings. The van der Waals surface area contributed by atoms with Gasteiger partial charge in [-0.15, -0.1) is 0 Å². The van der Waals surface area contributed by atoms with E-state index in [0.29, 0.717) is 0 Å². The van der Waals surface area contributed by atoms with Crippen molar-refractivity contribution >= 4 is 31.9 Å².